The van der Waals surface area contributed by atoms with Crippen LogP contribution in [0.25, 0.3) is 22.8 Å². The molecule has 2 heterocycles. The summed E-state index contributed by atoms with van der Waals surface area (Å²) in [5.41, 5.74) is 3.16. The number of nitrogens with zero attached hydrogens (tertiary/aromatic N) is 4. The molecule has 0 atom stereocenters. The summed E-state index contributed by atoms with van der Waals surface area (Å²) < 4.78 is 7.13. The van der Waals surface area contributed by atoms with Crippen LogP contribution in [0.1, 0.15) is 25.8 Å². The molecule has 0 bridgehead atoms. The van der Waals surface area contributed by atoms with Crippen LogP contribution in [0.5, 0.6) is 5.75 Å². The van der Waals surface area contributed by atoms with Crippen molar-refractivity contribution in [2.75, 3.05) is 38.2 Å². The fraction of sp³-hybridized carbons (Fsp3) is 0.444. The first kappa shape index (κ1) is 24.5. The number of aromatic nitrogens is 3. The number of rotatable bonds is 10. The van der Waals surface area contributed by atoms with E-state index in [-0.39, 0.29) is 12.3 Å². The third-order valence-corrected chi connectivity index (χ3v) is 6.94. The maximum Gasteiger partial charge on any atom is 0.181 e. The molecule has 2 aromatic carbocycles. The highest BCUT2D eigenvalue weighted by atomic mass is 32.2. The number of carbonyl (C=O) groups is 1. The van der Waals surface area contributed by atoms with E-state index in [0.717, 1.165) is 29.8 Å². The second kappa shape index (κ2) is 11.7. The Hall–Kier alpha value is -2.64. The fourth-order valence-electron chi connectivity index (χ4n) is 4.17. The molecule has 4 rings (SSSR count). The molecule has 0 amide bonds. The number of hydrogen-bond acceptors (Lipinski definition) is 6. The van der Waals surface area contributed by atoms with Crippen molar-refractivity contribution < 1.29 is 9.53 Å². The molecule has 0 aliphatic carbocycles. The summed E-state index contributed by atoms with van der Waals surface area (Å²) in [4.78, 5) is 20.0. The van der Waals surface area contributed by atoms with Crippen molar-refractivity contribution in [3.05, 3.63) is 54.1 Å². The molecule has 0 N–H and O–H groups in total. The van der Waals surface area contributed by atoms with E-state index in [4.69, 9.17) is 14.8 Å². The summed E-state index contributed by atoms with van der Waals surface area (Å²) in [6.07, 6.45) is 1.57. The molecule has 34 heavy (non-hydrogen) atoms. The zero-order valence-electron chi connectivity index (χ0n) is 20.4. The van der Waals surface area contributed by atoms with Gasteiger partial charge < -0.3 is 9.64 Å². The van der Waals surface area contributed by atoms with Crippen LogP contribution in [0.3, 0.4) is 0 Å². The minimum absolute atomic E-state index is 0.155. The molecule has 180 valence electrons. The van der Waals surface area contributed by atoms with Crippen LogP contribution in [-0.2, 0) is 17.8 Å². The Morgan fingerprint density at radius 2 is 1.85 bits per heavy atom. The van der Waals surface area contributed by atoms with Crippen molar-refractivity contribution >= 4 is 17.5 Å². The normalized spacial score (nSPS) is 14.5. The Kier molecular flexibility index (Phi) is 8.40. The Morgan fingerprint density at radius 3 is 2.56 bits per heavy atom. The average Bonchev–Trinajstić information content (AvgIpc) is 3.26. The largest absolute Gasteiger partial charge is 0.497 e. The molecular formula is C27H34N4O2S. The summed E-state index contributed by atoms with van der Waals surface area (Å²) >= 11 is 2.04. The lowest BCUT2D eigenvalue weighted by molar-refractivity contribution is -0.120. The highest BCUT2D eigenvalue weighted by Gasteiger charge is 2.17. The third-order valence-electron chi connectivity index (χ3n) is 5.99. The van der Waals surface area contributed by atoms with Crippen molar-refractivity contribution in [2.45, 2.75) is 33.2 Å². The van der Waals surface area contributed by atoms with Crippen LogP contribution in [0.2, 0.25) is 0 Å². The van der Waals surface area contributed by atoms with E-state index in [1.54, 1.807) is 11.8 Å². The first-order valence-corrected chi connectivity index (χ1v) is 13.2. The molecule has 1 aromatic heterocycles. The van der Waals surface area contributed by atoms with E-state index in [1.165, 1.54) is 30.2 Å². The van der Waals surface area contributed by atoms with Gasteiger partial charge in [-0.2, -0.15) is 11.8 Å². The molecular weight excluding hydrogens is 444 g/mol. The number of ether oxygens (including phenoxy) is 1. The first-order valence-electron chi connectivity index (χ1n) is 12.0. The van der Waals surface area contributed by atoms with Gasteiger partial charge in [0.1, 0.15) is 12.3 Å². The standard InChI is InChI=1S/C27H34N4O2S/c1-20(2)17-24(32)19-31-27(23-5-4-6-25(18-23)33-3)28-26(29-31)22-9-7-21(8-10-22)11-12-30-13-15-34-16-14-30/h4-10,18,20H,11-17,19H2,1-3H3. The number of carbonyl (C=O) groups excluding carboxylic acids is 1. The fourth-order valence-corrected chi connectivity index (χ4v) is 5.15. The summed E-state index contributed by atoms with van der Waals surface area (Å²) in [6.45, 7) is 7.80. The molecule has 0 radical (unpaired) electrons. The van der Waals surface area contributed by atoms with Gasteiger partial charge in [0.25, 0.3) is 0 Å². The quantitative estimate of drug-likeness (QED) is 0.416. The van der Waals surface area contributed by atoms with Crippen molar-refractivity contribution in [2.24, 2.45) is 5.92 Å². The molecule has 0 spiro atoms. The van der Waals surface area contributed by atoms with E-state index >= 15 is 0 Å². The Morgan fingerprint density at radius 1 is 1.09 bits per heavy atom. The van der Waals surface area contributed by atoms with Crippen molar-refractivity contribution in [1.29, 1.82) is 0 Å². The van der Waals surface area contributed by atoms with Gasteiger partial charge in [0, 0.05) is 48.7 Å². The van der Waals surface area contributed by atoms with Crippen LogP contribution in [0.4, 0.5) is 0 Å². The number of Topliss-reactive ketones (excluding diaryl/α,β-unsaturated/α-hetero) is 1. The topological polar surface area (TPSA) is 60.2 Å². The van der Waals surface area contributed by atoms with Gasteiger partial charge in [-0.05, 0) is 30.0 Å². The second-order valence-electron chi connectivity index (χ2n) is 9.19. The number of thioether (sulfide) groups is 1. The van der Waals surface area contributed by atoms with E-state index in [9.17, 15) is 4.79 Å². The smallest absolute Gasteiger partial charge is 0.181 e. The minimum Gasteiger partial charge on any atom is -0.497 e. The zero-order chi connectivity index (χ0) is 23.9. The van der Waals surface area contributed by atoms with Crippen molar-refractivity contribution in [3.8, 4) is 28.5 Å². The van der Waals surface area contributed by atoms with Crippen LogP contribution in [-0.4, -0.2) is 63.7 Å². The monoisotopic (exact) mass is 478 g/mol. The van der Waals surface area contributed by atoms with Gasteiger partial charge in [-0.3, -0.25) is 4.79 Å². The minimum atomic E-state index is 0.155. The lowest BCUT2D eigenvalue weighted by Gasteiger charge is -2.25. The maximum atomic E-state index is 12.6. The lowest BCUT2D eigenvalue weighted by atomic mass is 10.1. The van der Waals surface area contributed by atoms with Gasteiger partial charge in [0.15, 0.2) is 17.4 Å². The molecule has 1 fully saturated rings. The van der Waals surface area contributed by atoms with Crippen LogP contribution in [0, 0.1) is 5.92 Å². The number of methoxy groups -OCH3 is 1. The molecule has 1 aliphatic heterocycles. The summed E-state index contributed by atoms with van der Waals surface area (Å²) in [5.74, 6) is 5.01. The third kappa shape index (κ3) is 6.48. The molecule has 0 saturated carbocycles. The molecule has 0 unspecified atom stereocenters. The predicted octanol–water partition coefficient (Wildman–Crippen LogP) is 4.83. The Bertz CT molecular complexity index is 1090. The van der Waals surface area contributed by atoms with E-state index < -0.39 is 0 Å². The SMILES string of the molecule is COc1cccc(-c2nc(-c3ccc(CCN4CCSCC4)cc3)nn2CC(=O)CC(C)C)c1. The number of benzene rings is 2. The summed E-state index contributed by atoms with van der Waals surface area (Å²) in [6, 6.07) is 16.3. The second-order valence-corrected chi connectivity index (χ2v) is 10.4. The van der Waals surface area contributed by atoms with Crippen molar-refractivity contribution in [1.82, 2.24) is 19.7 Å². The molecule has 6 nitrogen and oxygen atoms in total. The highest BCUT2D eigenvalue weighted by molar-refractivity contribution is 7.99. The van der Waals surface area contributed by atoms with E-state index in [1.807, 2.05) is 36.0 Å². The van der Waals surface area contributed by atoms with Gasteiger partial charge in [-0.15, -0.1) is 5.10 Å². The maximum absolute atomic E-state index is 12.6. The van der Waals surface area contributed by atoms with E-state index in [0.29, 0.717) is 24.0 Å². The first-order chi connectivity index (χ1) is 16.5. The van der Waals surface area contributed by atoms with Gasteiger partial charge in [-0.25, -0.2) is 9.67 Å². The highest BCUT2D eigenvalue weighted by Crippen LogP contribution is 2.26. The van der Waals surface area contributed by atoms with Gasteiger partial charge >= 0.3 is 0 Å². The number of hydrogen-bond donors (Lipinski definition) is 0. The van der Waals surface area contributed by atoms with Crippen LogP contribution < -0.4 is 4.74 Å². The zero-order valence-corrected chi connectivity index (χ0v) is 21.2. The summed E-state index contributed by atoms with van der Waals surface area (Å²) in [7, 11) is 1.65. The van der Waals surface area contributed by atoms with Gasteiger partial charge in [0.05, 0.1) is 7.11 Å². The van der Waals surface area contributed by atoms with E-state index in [2.05, 4.69) is 43.0 Å². The molecule has 1 aliphatic rings. The van der Waals surface area contributed by atoms with Crippen molar-refractivity contribution in [3.63, 3.8) is 0 Å². The molecule has 7 heteroatoms. The Labute approximate surface area is 206 Å². The summed E-state index contributed by atoms with van der Waals surface area (Å²) in [5, 5.41) is 4.74. The Balaban J connectivity index is 1.55. The predicted molar refractivity (Wildman–Crippen MR) is 139 cm³/mol. The number of ketones is 1. The van der Waals surface area contributed by atoms with Crippen LogP contribution >= 0.6 is 11.8 Å². The van der Waals surface area contributed by atoms with Gasteiger partial charge in [0.2, 0.25) is 0 Å². The lowest BCUT2D eigenvalue weighted by Crippen LogP contribution is -2.34. The molecule has 3 aromatic rings. The average molecular weight is 479 g/mol. The van der Waals surface area contributed by atoms with Gasteiger partial charge in [-0.1, -0.05) is 50.2 Å². The van der Waals surface area contributed by atoms with Crippen LogP contribution in [0.15, 0.2) is 48.5 Å². The molecule has 1 saturated heterocycles.